The second kappa shape index (κ2) is 2.53. The van der Waals surface area contributed by atoms with Crippen LogP contribution in [0.1, 0.15) is 12.5 Å². The standard InChI is InChI=1S/C6H11N3/c1-3-7-6-5(2)4-8-9-6/h4H,3H2,1-2H3,(H2,7,8,9). The molecule has 0 saturated carbocycles. The van der Waals surface area contributed by atoms with Crippen LogP contribution in [0.15, 0.2) is 6.20 Å². The van der Waals surface area contributed by atoms with Gasteiger partial charge in [-0.15, -0.1) is 0 Å². The van der Waals surface area contributed by atoms with Crippen LogP contribution in [0.25, 0.3) is 0 Å². The molecule has 0 spiro atoms. The Labute approximate surface area is 54.5 Å². The number of anilines is 1. The maximum atomic E-state index is 3.97. The molecule has 0 atom stereocenters. The molecule has 0 aliphatic heterocycles. The van der Waals surface area contributed by atoms with E-state index in [-0.39, 0.29) is 0 Å². The van der Waals surface area contributed by atoms with Gasteiger partial charge in [-0.05, 0) is 13.8 Å². The van der Waals surface area contributed by atoms with Crippen LogP contribution in [0.4, 0.5) is 5.82 Å². The van der Waals surface area contributed by atoms with Gasteiger partial charge in [0.25, 0.3) is 0 Å². The molecule has 2 N–H and O–H groups in total. The Balaban J connectivity index is 2.69. The van der Waals surface area contributed by atoms with Gasteiger partial charge in [-0.25, -0.2) is 0 Å². The van der Waals surface area contributed by atoms with E-state index < -0.39 is 0 Å². The highest BCUT2D eigenvalue weighted by Gasteiger charge is 1.95. The summed E-state index contributed by atoms with van der Waals surface area (Å²) >= 11 is 0. The van der Waals surface area contributed by atoms with Crippen molar-refractivity contribution in [1.82, 2.24) is 10.2 Å². The fraction of sp³-hybridized carbons (Fsp3) is 0.500. The number of aromatic nitrogens is 2. The van der Waals surface area contributed by atoms with Crippen LogP contribution in [0.3, 0.4) is 0 Å². The van der Waals surface area contributed by atoms with E-state index in [1.54, 1.807) is 0 Å². The Morgan fingerprint density at radius 3 is 3.00 bits per heavy atom. The lowest BCUT2D eigenvalue weighted by Crippen LogP contribution is -1.97. The summed E-state index contributed by atoms with van der Waals surface area (Å²) in [6.45, 7) is 4.99. The predicted molar refractivity (Wildman–Crippen MR) is 37.5 cm³/mol. The molecule has 9 heavy (non-hydrogen) atoms. The average Bonchev–Trinajstić information content (AvgIpc) is 2.18. The number of aryl methyl sites for hydroxylation is 1. The minimum Gasteiger partial charge on any atom is -0.369 e. The largest absolute Gasteiger partial charge is 0.369 e. The van der Waals surface area contributed by atoms with E-state index in [0.717, 1.165) is 17.9 Å². The predicted octanol–water partition coefficient (Wildman–Crippen LogP) is 1.15. The molecule has 0 saturated heterocycles. The van der Waals surface area contributed by atoms with E-state index in [4.69, 9.17) is 0 Å². The van der Waals surface area contributed by atoms with Crippen LogP contribution in [0, 0.1) is 6.92 Å². The maximum Gasteiger partial charge on any atom is 0.150 e. The van der Waals surface area contributed by atoms with E-state index in [0.29, 0.717) is 0 Å². The topological polar surface area (TPSA) is 40.7 Å². The van der Waals surface area contributed by atoms with Crippen molar-refractivity contribution in [3.05, 3.63) is 11.8 Å². The van der Waals surface area contributed by atoms with Crippen molar-refractivity contribution in [3.8, 4) is 0 Å². The molecule has 0 unspecified atom stereocenters. The van der Waals surface area contributed by atoms with Crippen molar-refractivity contribution < 1.29 is 0 Å². The van der Waals surface area contributed by atoms with Gasteiger partial charge in [0.1, 0.15) is 0 Å². The normalized spacial score (nSPS) is 9.56. The third kappa shape index (κ3) is 1.22. The Hall–Kier alpha value is -0.990. The first-order valence-corrected chi connectivity index (χ1v) is 3.09. The van der Waals surface area contributed by atoms with Crippen molar-refractivity contribution in [3.63, 3.8) is 0 Å². The number of nitrogens with one attached hydrogen (secondary N) is 2. The molecular weight excluding hydrogens is 114 g/mol. The average molecular weight is 125 g/mol. The lowest BCUT2D eigenvalue weighted by molar-refractivity contribution is 1.06. The van der Waals surface area contributed by atoms with E-state index in [2.05, 4.69) is 15.5 Å². The number of H-pyrrole nitrogens is 1. The molecule has 3 heteroatoms. The van der Waals surface area contributed by atoms with Crippen LogP contribution in [0.2, 0.25) is 0 Å². The smallest absolute Gasteiger partial charge is 0.150 e. The zero-order valence-electron chi connectivity index (χ0n) is 5.73. The number of aromatic amines is 1. The third-order valence-corrected chi connectivity index (χ3v) is 1.18. The number of hydrogen-bond acceptors (Lipinski definition) is 2. The van der Waals surface area contributed by atoms with Crippen LogP contribution in [-0.2, 0) is 0 Å². The minimum atomic E-state index is 0.922. The van der Waals surface area contributed by atoms with Crippen molar-refractivity contribution in [2.45, 2.75) is 13.8 Å². The van der Waals surface area contributed by atoms with Crippen LogP contribution < -0.4 is 5.32 Å². The van der Waals surface area contributed by atoms with Gasteiger partial charge in [0.2, 0.25) is 0 Å². The van der Waals surface area contributed by atoms with Crippen molar-refractivity contribution in [2.75, 3.05) is 11.9 Å². The molecule has 0 aliphatic carbocycles. The summed E-state index contributed by atoms with van der Waals surface area (Å²) in [5.74, 6) is 0.956. The monoisotopic (exact) mass is 125 g/mol. The summed E-state index contributed by atoms with van der Waals surface area (Å²) in [4.78, 5) is 0. The first-order chi connectivity index (χ1) is 4.34. The SMILES string of the molecule is CCNc1n[nH]cc1C. The van der Waals surface area contributed by atoms with E-state index in [1.807, 2.05) is 20.0 Å². The summed E-state index contributed by atoms with van der Waals surface area (Å²) in [6, 6.07) is 0. The quantitative estimate of drug-likeness (QED) is 0.622. The fourth-order valence-corrected chi connectivity index (χ4v) is 0.697. The van der Waals surface area contributed by atoms with E-state index in [1.165, 1.54) is 0 Å². The van der Waals surface area contributed by atoms with Gasteiger partial charge in [-0.2, -0.15) is 5.10 Å². The minimum absolute atomic E-state index is 0.922. The molecule has 1 aromatic rings. The first-order valence-electron chi connectivity index (χ1n) is 3.09. The molecule has 0 aliphatic rings. The van der Waals surface area contributed by atoms with Gasteiger partial charge < -0.3 is 5.32 Å². The Morgan fingerprint density at radius 2 is 2.56 bits per heavy atom. The lowest BCUT2D eigenvalue weighted by Gasteiger charge is -1.95. The zero-order valence-corrected chi connectivity index (χ0v) is 5.73. The second-order valence-electron chi connectivity index (χ2n) is 1.95. The molecule has 0 bridgehead atoms. The molecule has 0 radical (unpaired) electrons. The van der Waals surface area contributed by atoms with Gasteiger partial charge in [0, 0.05) is 18.3 Å². The first kappa shape index (κ1) is 6.13. The van der Waals surface area contributed by atoms with E-state index in [9.17, 15) is 0 Å². The summed E-state index contributed by atoms with van der Waals surface area (Å²) in [5, 5.41) is 9.85. The Kier molecular flexibility index (Phi) is 1.72. The summed E-state index contributed by atoms with van der Waals surface area (Å²) in [6.07, 6.45) is 1.87. The van der Waals surface area contributed by atoms with Crippen LogP contribution >= 0.6 is 0 Å². The highest BCUT2D eigenvalue weighted by Crippen LogP contribution is 2.06. The fourth-order valence-electron chi connectivity index (χ4n) is 0.697. The molecule has 0 aromatic carbocycles. The van der Waals surface area contributed by atoms with E-state index >= 15 is 0 Å². The van der Waals surface area contributed by atoms with Crippen LogP contribution in [-0.4, -0.2) is 16.7 Å². The maximum absolute atomic E-state index is 3.97. The summed E-state index contributed by atoms with van der Waals surface area (Å²) in [7, 11) is 0. The van der Waals surface area contributed by atoms with Crippen LogP contribution in [0.5, 0.6) is 0 Å². The third-order valence-electron chi connectivity index (χ3n) is 1.18. The highest BCUT2D eigenvalue weighted by molar-refractivity contribution is 5.40. The van der Waals surface area contributed by atoms with Gasteiger partial charge in [0.15, 0.2) is 5.82 Å². The molecule has 3 nitrogen and oxygen atoms in total. The van der Waals surface area contributed by atoms with Gasteiger partial charge in [-0.1, -0.05) is 0 Å². The Morgan fingerprint density at radius 1 is 1.78 bits per heavy atom. The molecular formula is C6H11N3. The van der Waals surface area contributed by atoms with Crippen molar-refractivity contribution in [2.24, 2.45) is 0 Å². The molecule has 0 amide bonds. The molecule has 50 valence electrons. The Bertz CT molecular complexity index is 180. The summed E-state index contributed by atoms with van der Waals surface area (Å²) in [5.41, 5.74) is 1.16. The number of rotatable bonds is 2. The van der Waals surface area contributed by atoms with Gasteiger partial charge >= 0.3 is 0 Å². The summed E-state index contributed by atoms with van der Waals surface area (Å²) < 4.78 is 0. The molecule has 0 fully saturated rings. The van der Waals surface area contributed by atoms with Gasteiger partial charge in [-0.3, -0.25) is 5.10 Å². The molecule has 1 aromatic heterocycles. The lowest BCUT2D eigenvalue weighted by atomic mass is 10.4. The highest BCUT2D eigenvalue weighted by atomic mass is 15.2. The number of hydrogen-bond donors (Lipinski definition) is 2. The zero-order chi connectivity index (χ0) is 6.69. The number of nitrogens with zero attached hydrogens (tertiary/aromatic N) is 1. The second-order valence-corrected chi connectivity index (χ2v) is 1.95. The molecule has 1 heterocycles. The van der Waals surface area contributed by atoms with Crippen molar-refractivity contribution in [1.29, 1.82) is 0 Å². The van der Waals surface area contributed by atoms with Gasteiger partial charge in [0.05, 0.1) is 0 Å². The molecule has 1 rings (SSSR count). The van der Waals surface area contributed by atoms with Crippen molar-refractivity contribution >= 4 is 5.82 Å².